The number of aryl methyl sites for hydroxylation is 1. The van der Waals surface area contributed by atoms with Crippen LogP contribution < -0.4 is 5.73 Å². The molecule has 1 aromatic rings. The maximum atomic E-state index is 13.6. The van der Waals surface area contributed by atoms with E-state index in [0.717, 1.165) is 23.1 Å². The van der Waals surface area contributed by atoms with E-state index in [-0.39, 0.29) is 11.9 Å². The molecule has 1 aliphatic heterocycles. The minimum atomic E-state index is -0.288. The van der Waals surface area contributed by atoms with E-state index in [2.05, 4.69) is 4.99 Å². The molecule has 0 aromatic heterocycles. The fourth-order valence-corrected chi connectivity index (χ4v) is 2.72. The predicted octanol–water partition coefficient (Wildman–Crippen LogP) is 2.02. The fraction of sp³-hybridized carbons (Fsp3) is 0.375. The standard InChI is InChI=1S/C16H20FN3O/c1-10-6-12(8-13(17)7-10)16(19-3)14-4-5-20(9-21)11(2)15(14)18/h6-9,11H,4-5,18H2,1-3H3. The number of nitrogens with zero attached hydrogens (tertiary/aromatic N) is 2. The molecular formula is C16H20FN3O. The number of halogens is 1. The summed E-state index contributed by atoms with van der Waals surface area (Å²) in [6, 6.07) is 4.67. The summed E-state index contributed by atoms with van der Waals surface area (Å²) in [6.45, 7) is 4.32. The molecule has 5 heteroatoms. The SMILES string of the molecule is CN=C(C1=C(N)C(C)N(C=O)CC1)c1cc(C)cc(F)c1. The zero-order valence-corrected chi connectivity index (χ0v) is 12.6. The van der Waals surface area contributed by atoms with Crippen LogP contribution in [0.3, 0.4) is 0 Å². The molecule has 2 N–H and O–H groups in total. The molecule has 1 aromatic carbocycles. The summed E-state index contributed by atoms with van der Waals surface area (Å²) in [5, 5.41) is 0. The highest BCUT2D eigenvalue weighted by Gasteiger charge is 2.26. The Balaban J connectivity index is 2.47. The second kappa shape index (κ2) is 6.08. The Labute approximate surface area is 124 Å². The Morgan fingerprint density at radius 2 is 2.19 bits per heavy atom. The molecule has 0 spiro atoms. The van der Waals surface area contributed by atoms with Gasteiger partial charge in [0.05, 0.1) is 11.8 Å². The molecule has 4 nitrogen and oxygen atoms in total. The van der Waals surface area contributed by atoms with E-state index in [1.807, 2.05) is 19.9 Å². The zero-order valence-electron chi connectivity index (χ0n) is 12.6. The lowest BCUT2D eigenvalue weighted by atomic mass is 9.91. The highest BCUT2D eigenvalue weighted by molar-refractivity contribution is 6.13. The van der Waals surface area contributed by atoms with Gasteiger partial charge >= 0.3 is 0 Å². The molecule has 0 radical (unpaired) electrons. The highest BCUT2D eigenvalue weighted by atomic mass is 19.1. The smallest absolute Gasteiger partial charge is 0.210 e. The van der Waals surface area contributed by atoms with E-state index in [9.17, 15) is 9.18 Å². The summed E-state index contributed by atoms with van der Waals surface area (Å²) in [7, 11) is 1.67. The number of carbonyl (C=O) groups is 1. The molecule has 1 unspecified atom stereocenters. The Morgan fingerprint density at radius 1 is 1.48 bits per heavy atom. The lowest BCUT2D eigenvalue weighted by Crippen LogP contribution is -2.42. The highest BCUT2D eigenvalue weighted by Crippen LogP contribution is 2.24. The average molecular weight is 289 g/mol. The summed E-state index contributed by atoms with van der Waals surface area (Å²) in [5.74, 6) is -0.288. The first-order chi connectivity index (χ1) is 9.97. The van der Waals surface area contributed by atoms with Crippen LogP contribution in [0.25, 0.3) is 0 Å². The maximum Gasteiger partial charge on any atom is 0.210 e. The third kappa shape index (κ3) is 2.96. The summed E-state index contributed by atoms with van der Waals surface area (Å²) in [5.41, 5.74) is 9.96. The van der Waals surface area contributed by atoms with Crippen LogP contribution >= 0.6 is 0 Å². The van der Waals surface area contributed by atoms with Crippen molar-refractivity contribution < 1.29 is 9.18 Å². The molecule has 1 atom stereocenters. The lowest BCUT2D eigenvalue weighted by Gasteiger charge is -2.33. The molecule has 21 heavy (non-hydrogen) atoms. The Kier molecular flexibility index (Phi) is 4.40. The van der Waals surface area contributed by atoms with Crippen LogP contribution in [-0.4, -0.2) is 36.7 Å². The number of nitrogens with two attached hydrogens (primary N) is 1. The van der Waals surface area contributed by atoms with Crippen LogP contribution in [0.2, 0.25) is 0 Å². The van der Waals surface area contributed by atoms with Crippen molar-refractivity contribution in [2.75, 3.05) is 13.6 Å². The van der Waals surface area contributed by atoms with Crippen molar-refractivity contribution in [2.24, 2.45) is 10.7 Å². The second-order valence-electron chi connectivity index (χ2n) is 5.29. The predicted molar refractivity (Wildman–Crippen MR) is 81.7 cm³/mol. The van der Waals surface area contributed by atoms with E-state index in [1.165, 1.54) is 12.1 Å². The van der Waals surface area contributed by atoms with Gasteiger partial charge in [-0.2, -0.15) is 0 Å². The first-order valence-corrected chi connectivity index (χ1v) is 6.92. The minimum absolute atomic E-state index is 0.169. The lowest BCUT2D eigenvalue weighted by molar-refractivity contribution is -0.119. The quantitative estimate of drug-likeness (QED) is 0.683. The summed E-state index contributed by atoms with van der Waals surface area (Å²) in [6.07, 6.45) is 1.43. The van der Waals surface area contributed by atoms with E-state index in [0.29, 0.717) is 24.4 Å². The summed E-state index contributed by atoms with van der Waals surface area (Å²) < 4.78 is 13.6. The first kappa shape index (κ1) is 15.2. The Morgan fingerprint density at radius 3 is 2.76 bits per heavy atom. The molecular weight excluding hydrogens is 269 g/mol. The van der Waals surface area contributed by atoms with Gasteiger partial charge in [0.1, 0.15) is 5.82 Å². The largest absolute Gasteiger partial charge is 0.400 e. The van der Waals surface area contributed by atoms with Gasteiger partial charge in [-0.1, -0.05) is 0 Å². The van der Waals surface area contributed by atoms with Crippen molar-refractivity contribution >= 4 is 12.1 Å². The van der Waals surface area contributed by atoms with Gasteiger partial charge in [-0.05, 0) is 44.0 Å². The molecule has 2 rings (SSSR count). The third-order valence-corrected chi connectivity index (χ3v) is 3.88. The Hall–Kier alpha value is -2.17. The van der Waals surface area contributed by atoms with E-state index in [1.54, 1.807) is 11.9 Å². The number of benzene rings is 1. The van der Waals surface area contributed by atoms with E-state index >= 15 is 0 Å². The van der Waals surface area contributed by atoms with Gasteiger partial charge in [0.25, 0.3) is 0 Å². The van der Waals surface area contributed by atoms with E-state index < -0.39 is 0 Å². The number of aliphatic imine (C=N–C) groups is 1. The molecule has 0 saturated heterocycles. The molecule has 0 bridgehead atoms. The topological polar surface area (TPSA) is 58.7 Å². The molecule has 0 saturated carbocycles. The fourth-order valence-electron chi connectivity index (χ4n) is 2.72. The van der Waals surface area contributed by atoms with Gasteiger partial charge in [0, 0.05) is 30.4 Å². The van der Waals surface area contributed by atoms with Crippen LogP contribution in [0.5, 0.6) is 0 Å². The van der Waals surface area contributed by atoms with Crippen molar-refractivity contribution in [2.45, 2.75) is 26.3 Å². The average Bonchev–Trinajstić information content (AvgIpc) is 2.43. The molecule has 112 valence electrons. The number of amides is 1. The molecule has 1 heterocycles. The normalized spacial score (nSPS) is 19.9. The van der Waals surface area contributed by atoms with Crippen molar-refractivity contribution in [3.05, 3.63) is 46.4 Å². The molecule has 0 aliphatic carbocycles. The maximum absolute atomic E-state index is 13.6. The third-order valence-electron chi connectivity index (χ3n) is 3.88. The molecule has 1 aliphatic rings. The van der Waals surface area contributed by atoms with Gasteiger partial charge in [-0.15, -0.1) is 0 Å². The zero-order chi connectivity index (χ0) is 15.6. The summed E-state index contributed by atoms with van der Waals surface area (Å²) in [4.78, 5) is 17.0. The Bertz CT molecular complexity index is 602. The summed E-state index contributed by atoms with van der Waals surface area (Å²) >= 11 is 0. The van der Waals surface area contributed by atoms with Crippen LogP contribution in [0.4, 0.5) is 4.39 Å². The number of rotatable bonds is 3. The first-order valence-electron chi connectivity index (χ1n) is 6.92. The monoisotopic (exact) mass is 289 g/mol. The van der Waals surface area contributed by atoms with Crippen LogP contribution in [0.15, 0.2) is 34.5 Å². The van der Waals surface area contributed by atoms with E-state index in [4.69, 9.17) is 5.73 Å². The molecule has 0 fully saturated rings. The van der Waals surface area contributed by atoms with Gasteiger partial charge in [-0.3, -0.25) is 9.79 Å². The number of carbonyl (C=O) groups excluding carboxylic acids is 1. The van der Waals surface area contributed by atoms with Crippen LogP contribution in [0.1, 0.15) is 24.5 Å². The van der Waals surface area contributed by atoms with Gasteiger partial charge in [-0.25, -0.2) is 4.39 Å². The number of hydrogen-bond donors (Lipinski definition) is 1. The van der Waals surface area contributed by atoms with Crippen molar-refractivity contribution in [1.82, 2.24) is 4.90 Å². The van der Waals surface area contributed by atoms with Gasteiger partial charge in [0.2, 0.25) is 6.41 Å². The van der Waals surface area contributed by atoms with Gasteiger partial charge in [0.15, 0.2) is 0 Å². The van der Waals surface area contributed by atoms with Crippen molar-refractivity contribution in [3.8, 4) is 0 Å². The molecule has 1 amide bonds. The van der Waals surface area contributed by atoms with Crippen molar-refractivity contribution in [3.63, 3.8) is 0 Å². The minimum Gasteiger partial charge on any atom is -0.400 e. The second-order valence-corrected chi connectivity index (χ2v) is 5.29. The number of hydrogen-bond acceptors (Lipinski definition) is 3. The van der Waals surface area contributed by atoms with Crippen molar-refractivity contribution in [1.29, 1.82) is 0 Å². The van der Waals surface area contributed by atoms with Crippen LogP contribution in [0, 0.1) is 12.7 Å². The van der Waals surface area contributed by atoms with Crippen LogP contribution in [-0.2, 0) is 4.79 Å². The van der Waals surface area contributed by atoms with Gasteiger partial charge < -0.3 is 10.6 Å².